The first-order chi connectivity index (χ1) is 11.5. The van der Waals surface area contributed by atoms with Gasteiger partial charge in [-0.05, 0) is 62.7 Å². The SMILES string of the molecule is CCN(CC)c1ccc(NC(=O)c2ccc(OC)c(Cl)c2)c(C)c1. The number of anilines is 2. The predicted octanol–water partition coefficient (Wildman–Crippen LogP) is 4.76. The lowest BCUT2D eigenvalue weighted by atomic mass is 10.1. The van der Waals surface area contributed by atoms with E-state index in [2.05, 4.69) is 30.1 Å². The zero-order chi connectivity index (χ0) is 17.7. The number of ether oxygens (including phenoxy) is 1. The normalized spacial score (nSPS) is 10.4. The van der Waals surface area contributed by atoms with Crippen LogP contribution in [0.5, 0.6) is 5.75 Å². The monoisotopic (exact) mass is 346 g/mol. The highest BCUT2D eigenvalue weighted by Gasteiger charge is 2.11. The molecule has 4 nitrogen and oxygen atoms in total. The van der Waals surface area contributed by atoms with Crippen LogP contribution in [0.4, 0.5) is 11.4 Å². The van der Waals surface area contributed by atoms with Crippen molar-refractivity contribution in [1.29, 1.82) is 0 Å². The summed E-state index contributed by atoms with van der Waals surface area (Å²) in [5.74, 6) is 0.353. The van der Waals surface area contributed by atoms with E-state index in [-0.39, 0.29) is 5.91 Å². The quantitative estimate of drug-likeness (QED) is 0.820. The van der Waals surface area contributed by atoms with Crippen LogP contribution in [0.1, 0.15) is 29.8 Å². The Bertz CT molecular complexity index is 727. The molecule has 1 amide bonds. The van der Waals surface area contributed by atoms with Crippen LogP contribution in [-0.2, 0) is 0 Å². The topological polar surface area (TPSA) is 41.6 Å². The fraction of sp³-hybridized carbons (Fsp3) is 0.316. The van der Waals surface area contributed by atoms with Crippen molar-refractivity contribution in [1.82, 2.24) is 0 Å². The van der Waals surface area contributed by atoms with Gasteiger partial charge in [-0.2, -0.15) is 0 Å². The first-order valence-corrected chi connectivity index (χ1v) is 8.38. The minimum Gasteiger partial charge on any atom is -0.495 e. The van der Waals surface area contributed by atoms with Crippen LogP contribution in [0.25, 0.3) is 0 Å². The smallest absolute Gasteiger partial charge is 0.255 e. The zero-order valence-corrected chi connectivity index (χ0v) is 15.3. The van der Waals surface area contributed by atoms with Crippen molar-refractivity contribution >= 4 is 28.9 Å². The van der Waals surface area contributed by atoms with Gasteiger partial charge in [0.05, 0.1) is 12.1 Å². The maximum absolute atomic E-state index is 12.4. The number of benzene rings is 2. The Balaban J connectivity index is 2.18. The number of amides is 1. The van der Waals surface area contributed by atoms with Crippen molar-refractivity contribution in [3.8, 4) is 5.75 Å². The predicted molar refractivity (Wildman–Crippen MR) is 101 cm³/mol. The minimum absolute atomic E-state index is 0.196. The Hall–Kier alpha value is -2.20. The van der Waals surface area contributed by atoms with Crippen molar-refractivity contribution in [2.45, 2.75) is 20.8 Å². The maximum Gasteiger partial charge on any atom is 0.255 e. The van der Waals surface area contributed by atoms with Gasteiger partial charge in [0.2, 0.25) is 0 Å². The summed E-state index contributed by atoms with van der Waals surface area (Å²) in [6, 6.07) is 11.0. The molecule has 0 aliphatic rings. The standard InChI is InChI=1S/C19H23ClN2O2/c1-5-22(6-2)15-8-9-17(13(3)11-15)21-19(23)14-7-10-18(24-4)16(20)12-14/h7-12H,5-6H2,1-4H3,(H,21,23). The molecular weight excluding hydrogens is 324 g/mol. The van der Waals surface area contributed by atoms with E-state index in [4.69, 9.17) is 16.3 Å². The van der Waals surface area contributed by atoms with Crippen LogP contribution in [-0.4, -0.2) is 26.1 Å². The highest BCUT2D eigenvalue weighted by molar-refractivity contribution is 6.32. The molecule has 0 radical (unpaired) electrons. The van der Waals surface area contributed by atoms with E-state index < -0.39 is 0 Å². The summed E-state index contributed by atoms with van der Waals surface area (Å²) in [5, 5.41) is 3.35. The molecule has 0 bridgehead atoms. The number of carbonyl (C=O) groups excluding carboxylic acids is 1. The summed E-state index contributed by atoms with van der Waals surface area (Å²) in [4.78, 5) is 14.7. The molecule has 0 heterocycles. The maximum atomic E-state index is 12.4. The lowest BCUT2D eigenvalue weighted by Crippen LogP contribution is -2.22. The minimum atomic E-state index is -0.196. The van der Waals surface area contributed by atoms with Crippen LogP contribution < -0.4 is 15.0 Å². The molecule has 0 aromatic heterocycles. The molecular formula is C19H23ClN2O2. The number of halogens is 1. The van der Waals surface area contributed by atoms with E-state index in [1.807, 2.05) is 19.1 Å². The average molecular weight is 347 g/mol. The van der Waals surface area contributed by atoms with Gasteiger partial charge in [-0.1, -0.05) is 11.6 Å². The average Bonchev–Trinajstić information content (AvgIpc) is 2.58. The molecule has 0 aliphatic heterocycles. The molecule has 0 unspecified atom stereocenters. The first-order valence-electron chi connectivity index (χ1n) is 8.00. The number of hydrogen-bond donors (Lipinski definition) is 1. The number of nitrogens with one attached hydrogen (secondary N) is 1. The molecule has 2 rings (SSSR count). The van der Waals surface area contributed by atoms with E-state index in [0.717, 1.165) is 30.0 Å². The Morgan fingerprint density at radius 3 is 2.42 bits per heavy atom. The first kappa shape index (κ1) is 18.1. The van der Waals surface area contributed by atoms with Gasteiger partial charge in [-0.25, -0.2) is 0 Å². The van der Waals surface area contributed by atoms with Crippen LogP contribution in [0, 0.1) is 6.92 Å². The van der Waals surface area contributed by atoms with E-state index >= 15 is 0 Å². The second-order valence-corrected chi connectivity index (χ2v) is 5.88. The third-order valence-corrected chi connectivity index (χ3v) is 4.30. The van der Waals surface area contributed by atoms with Crippen molar-refractivity contribution in [2.75, 3.05) is 30.4 Å². The molecule has 24 heavy (non-hydrogen) atoms. The summed E-state index contributed by atoms with van der Waals surface area (Å²) in [5.41, 5.74) is 3.46. The molecule has 0 saturated heterocycles. The molecule has 1 N–H and O–H groups in total. The number of methoxy groups -OCH3 is 1. The van der Waals surface area contributed by atoms with Crippen molar-refractivity contribution in [3.05, 3.63) is 52.5 Å². The van der Waals surface area contributed by atoms with Crippen LogP contribution >= 0.6 is 11.6 Å². The highest BCUT2D eigenvalue weighted by atomic mass is 35.5. The van der Waals surface area contributed by atoms with E-state index in [0.29, 0.717) is 16.3 Å². The van der Waals surface area contributed by atoms with Crippen LogP contribution in [0.2, 0.25) is 5.02 Å². The van der Waals surface area contributed by atoms with Gasteiger partial charge in [0.1, 0.15) is 5.75 Å². The summed E-state index contributed by atoms with van der Waals surface area (Å²) in [6.07, 6.45) is 0. The molecule has 0 atom stereocenters. The van der Waals surface area contributed by atoms with E-state index in [9.17, 15) is 4.79 Å². The van der Waals surface area contributed by atoms with Gasteiger partial charge in [-0.15, -0.1) is 0 Å². The molecule has 0 aliphatic carbocycles. The van der Waals surface area contributed by atoms with E-state index in [1.165, 1.54) is 0 Å². The van der Waals surface area contributed by atoms with Gasteiger partial charge in [-0.3, -0.25) is 4.79 Å². The Morgan fingerprint density at radius 1 is 1.17 bits per heavy atom. The summed E-state index contributed by atoms with van der Waals surface area (Å²) in [7, 11) is 1.54. The second-order valence-electron chi connectivity index (χ2n) is 5.47. The lowest BCUT2D eigenvalue weighted by molar-refractivity contribution is 0.102. The number of carbonyl (C=O) groups is 1. The van der Waals surface area contributed by atoms with Gasteiger partial charge in [0.25, 0.3) is 5.91 Å². The van der Waals surface area contributed by atoms with Crippen molar-refractivity contribution in [2.24, 2.45) is 0 Å². The molecule has 0 fully saturated rings. The molecule has 5 heteroatoms. The number of nitrogens with zero attached hydrogens (tertiary/aromatic N) is 1. The third-order valence-electron chi connectivity index (χ3n) is 4.00. The second kappa shape index (κ2) is 8.06. The summed E-state index contributed by atoms with van der Waals surface area (Å²) < 4.78 is 5.11. The van der Waals surface area contributed by atoms with Gasteiger partial charge in [0, 0.05) is 30.0 Å². The highest BCUT2D eigenvalue weighted by Crippen LogP contribution is 2.26. The van der Waals surface area contributed by atoms with Crippen molar-refractivity contribution in [3.63, 3.8) is 0 Å². The third kappa shape index (κ3) is 4.01. The number of aryl methyl sites for hydroxylation is 1. The van der Waals surface area contributed by atoms with Crippen LogP contribution in [0.15, 0.2) is 36.4 Å². The Labute approximate surface area is 148 Å². The molecule has 0 saturated carbocycles. The molecule has 2 aromatic carbocycles. The number of rotatable bonds is 6. The fourth-order valence-corrected chi connectivity index (χ4v) is 2.83. The van der Waals surface area contributed by atoms with E-state index in [1.54, 1.807) is 25.3 Å². The fourth-order valence-electron chi connectivity index (χ4n) is 2.58. The van der Waals surface area contributed by atoms with Gasteiger partial charge < -0.3 is 15.0 Å². The number of hydrogen-bond acceptors (Lipinski definition) is 3. The van der Waals surface area contributed by atoms with Gasteiger partial charge >= 0.3 is 0 Å². The lowest BCUT2D eigenvalue weighted by Gasteiger charge is -2.22. The van der Waals surface area contributed by atoms with Crippen LogP contribution in [0.3, 0.4) is 0 Å². The molecule has 128 valence electrons. The Morgan fingerprint density at radius 2 is 1.88 bits per heavy atom. The summed E-state index contributed by atoms with van der Waals surface area (Å²) in [6.45, 7) is 8.14. The Kier molecular flexibility index (Phi) is 6.10. The zero-order valence-electron chi connectivity index (χ0n) is 14.5. The summed E-state index contributed by atoms with van der Waals surface area (Å²) >= 11 is 6.08. The largest absolute Gasteiger partial charge is 0.495 e. The van der Waals surface area contributed by atoms with Crippen molar-refractivity contribution < 1.29 is 9.53 Å². The van der Waals surface area contributed by atoms with Gasteiger partial charge in [0.15, 0.2) is 0 Å². The molecule has 2 aromatic rings. The molecule has 0 spiro atoms.